The predicted octanol–water partition coefficient (Wildman–Crippen LogP) is 5.25. The standard InChI is InChI=1S/C25H20N2O2/c1-2-8-22(19-9-10-24-25(14-19)29-17-28-24)18(5-1)13-23(20-6-3-11-26-15-20)21-7-4-12-27-16-21/h1-12,14-16,23H,13,17H2. The third-order valence-corrected chi connectivity index (χ3v) is 5.30. The van der Waals surface area contributed by atoms with Crippen molar-refractivity contribution in [3.8, 4) is 22.6 Å². The average Bonchev–Trinajstić information content (AvgIpc) is 3.27. The van der Waals surface area contributed by atoms with Crippen LogP contribution >= 0.6 is 0 Å². The molecule has 29 heavy (non-hydrogen) atoms. The quantitative estimate of drug-likeness (QED) is 0.474. The second-order valence-electron chi connectivity index (χ2n) is 7.05. The van der Waals surface area contributed by atoms with Gasteiger partial charge in [-0.15, -0.1) is 0 Å². The van der Waals surface area contributed by atoms with Crippen LogP contribution in [0.3, 0.4) is 0 Å². The second-order valence-corrected chi connectivity index (χ2v) is 7.05. The van der Waals surface area contributed by atoms with Gasteiger partial charge in [0.1, 0.15) is 0 Å². The fraction of sp³-hybridized carbons (Fsp3) is 0.120. The number of hydrogen-bond acceptors (Lipinski definition) is 4. The van der Waals surface area contributed by atoms with E-state index in [9.17, 15) is 0 Å². The molecular formula is C25H20N2O2. The van der Waals surface area contributed by atoms with Crippen LogP contribution in [0.5, 0.6) is 11.5 Å². The number of aromatic nitrogens is 2. The molecule has 0 radical (unpaired) electrons. The first kappa shape index (κ1) is 17.4. The second kappa shape index (κ2) is 7.76. The van der Waals surface area contributed by atoms with Crippen molar-refractivity contribution in [1.82, 2.24) is 9.97 Å². The Morgan fingerprint density at radius 2 is 1.48 bits per heavy atom. The Morgan fingerprint density at radius 1 is 0.759 bits per heavy atom. The number of benzene rings is 2. The van der Waals surface area contributed by atoms with Crippen LogP contribution in [0, 0.1) is 0 Å². The van der Waals surface area contributed by atoms with E-state index in [-0.39, 0.29) is 12.7 Å². The Kier molecular flexibility index (Phi) is 4.67. The summed E-state index contributed by atoms with van der Waals surface area (Å²) in [5.41, 5.74) is 5.95. The van der Waals surface area contributed by atoms with Crippen LogP contribution in [-0.2, 0) is 6.42 Å². The van der Waals surface area contributed by atoms with Gasteiger partial charge in [0.2, 0.25) is 6.79 Å². The minimum Gasteiger partial charge on any atom is -0.454 e. The van der Waals surface area contributed by atoms with Crippen molar-refractivity contribution in [3.63, 3.8) is 0 Å². The molecule has 0 bridgehead atoms. The Hall–Kier alpha value is -3.66. The van der Waals surface area contributed by atoms with E-state index in [1.807, 2.05) is 43.0 Å². The summed E-state index contributed by atoms with van der Waals surface area (Å²) >= 11 is 0. The van der Waals surface area contributed by atoms with E-state index in [1.54, 1.807) is 0 Å². The van der Waals surface area contributed by atoms with Gasteiger partial charge in [0.25, 0.3) is 0 Å². The molecule has 3 heterocycles. The van der Waals surface area contributed by atoms with E-state index in [0.29, 0.717) is 0 Å². The fourth-order valence-corrected chi connectivity index (χ4v) is 3.86. The summed E-state index contributed by atoms with van der Waals surface area (Å²) in [5, 5.41) is 0. The van der Waals surface area contributed by atoms with Gasteiger partial charge in [0.05, 0.1) is 0 Å². The monoisotopic (exact) mass is 380 g/mol. The summed E-state index contributed by atoms with van der Waals surface area (Å²) in [7, 11) is 0. The van der Waals surface area contributed by atoms with E-state index in [1.165, 1.54) is 22.3 Å². The van der Waals surface area contributed by atoms with Crippen molar-refractivity contribution in [2.45, 2.75) is 12.3 Å². The molecule has 4 heteroatoms. The summed E-state index contributed by atoms with van der Waals surface area (Å²) in [6.07, 6.45) is 8.36. The van der Waals surface area contributed by atoms with Crippen LogP contribution in [0.15, 0.2) is 91.5 Å². The van der Waals surface area contributed by atoms with Gasteiger partial charge in [-0.05, 0) is 58.5 Å². The summed E-state index contributed by atoms with van der Waals surface area (Å²) < 4.78 is 11.0. The SMILES string of the molecule is c1cncc(C(Cc2ccccc2-c2ccc3c(c2)OCO3)c2cccnc2)c1. The zero-order valence-electron chi connectivity index (χ0n) is 15.9. The maximum Gasteiger partial charge on any atom is 0.231 e. The molecule has 0 saturated carbocycles. The molecule has 0 aliphatic carbocycles. The molecule has 0 saturated heterocycles. The van der Waals surface area contributed by atoms with Crippen molar-refractivity contribution >= 4 is 0 Å². The first-order chi connectivity index (χ1) is 14.4. The molecule has 4 aromatic rings. The van der Waals surface area contributed by atoms with Gasteiger partial charge in [0, 0.05) is 30.7 Å². The number of rotatable bonds is 5. The maximum absolute atomic E-state index is 5.58. The topological polar surface area (TPSA) is 44.2 Å². The van der Waals surface area contributed by atoms with Gasteiger partial charge in [-0.1, -0.05) is 42.5 Å². The predicted molar refractivity (Wildman–Crippen MR) is 112 cm³/mol. The van der Waals surface area contributed by atoms with Crippen LogP contribution in [-0.4, -0.2) is 16.8 Å². The molecule has 0 spiro atoms. The van der Waals surface area contributed by atoms with E-state index in [4.69, 9.17) is 9.47 Å². The Labute approximate surface area is 169 Å². The number of fused-ring (bicyclic) bond motifs is 1. The first-order valence-corrected chi connectivity index (χ1v) is 9.66. The summed E-state index contributed by atoms with van der Waals surface area (Å²) in [4.78, 5) is 8.68. The Morgan fingerprint density at radius 3 is 2.21 bits per heavy atom. The molecule has 0 N–H and O–H groups in total. The number of ether oxygens (including phenoxy) is 2. The maximum atomic E-state index is 5.58. The van der Waals surface area contributed by atoms with Crippen molar-refractivity contribution in [2.24, 2.45) is 0 Å². The van der Waals surface area contributed by atoms with Crippen LogP contribution < -0.4 is 9.47 Å². The number of pyridine rings is 2. The van der Waals surface area contributed by atoms with Crippen LogP contribution in [0.25, 0.3) is 11.1 Å². The minimum absolute atomic E-state index is 0.174. The number of hydrogen-bond donors (Lipinski definition) is 0. The van der Waals surface area contributed by atoms with Crippen molar-refractivity contribution < 1.29 is 9.47 Å². The van der Waals surface area contributed by atoms with Gasteiger partial charge in [-0.3, -0.25) is 9.97 Å². The summed E-state index contributed by atoms with van der Waals surface area (Å²) in [5.74, 6) is 1.77. The van der Waals surface area contributed by atoms with Gasteiger partial charge in [-0.2, -0.15) is 0 Å². The van der Waals surface area contributed by atoms with E-state index < -0.39 is 0 Å². The molecule has 0 unspecified atom stereocenters. The smallest absolute Gasteiger partial charge is 0.231 e. The van der Waals surface area contributed by atoms with Gasteiger partial charge in [-0.25, -0.2) is 0 Å². The lowest BCUT2D eigenvalue weighted by Gasteiger charge is -2.19. The molecule has 0 fully saturated rings. The summed E-state index contributed by atoms with van der Waals surface area (Å²) in [6.45, 7) is 0.282. The largest absolute Gasteiger partial charge is 0.454 e. The molecule has 1 aliphatic heterocycles. The zero-order chi connectivity index (χ0) is 19.5. The van der Waals surface area contributed by atoms with Crippen molar-refractivity contribution in [2.75, 3.05) is 6.79 Å². The average molecular weight is 380 g/mol. The van der Waals surface area contributed by atoms with Gasteiger partial charge < -0.3 is 9.47 Å². The normalized spacial score (nSPS) is 12.3. The van der Waals surface area contributed by atoms with Crippen LogP contribution in [0.2, 0.25) is 0 Å². The number of nitrogens with zero attached hydrogens (tertiary/aromatic N) is 2. The Bertz CT molecular complexity index is 1070. The molecule has 2 aromatic heterocycles. The molecule has 4 nitrogen and oxygen atoms in total. The van der Waals surface area contributed by atoms with Crippen LogP contribution in [0.1, 0.15) is 22.6 Å². The van der Waals surface area contributed by atoms with Gasteiger partial charge >= 0.3 is 0 Å². The molecule has 0 atom stereocenters. The third-order valence-electron chi connectivity index (χ3n) is 5.30. The molecule has 0 amide bonds. The van der Waals surface area contributed by atoms with E-state index in [2.05, 4.69) is 58.5 Å². The first-order valence-electron chi connectivity index (χ1n) is 9.66. The van der Waals surface area contributed by atoms with Crippen molar-refractivity contribution in [3.05, 3.63) is 108 Å². The fourth-order valence-electron chi connectivity index (χ4n) is 3.86. The highest BCUT2D eigenvalue weighted by molar-refractivity contribution is 5.71. The molecule has 2 aromatic carbocycles. The molecular weight excluding hydrogens is 360 g/mol. The highest BCUT2D eigenvalue weighted by atomic mass is 16.7. The lowest BCUT2D eigenvalue weighted by molar-refractivity contribution is 0.174. The Balaban J connectivity index is 1.55. The highest BCUT2D eigenvalue weighted by Gasteiger charge is 2.19. The van der Waals surface area contributed by atoms with E-state index >= 15 is 0 Å². The lowest BCUT2D eigenvalue weighted by atomic mass is 9.85. The lowest BCUT2D eigenvalue weighted by Crippen LogP contribution is -2.07. The third kappa shape index (κ3) is 3.57. The summed E-state index contributed by atoms with van der Waals surface area (Å²) in [6, 6.07) is 22.9. The van der Waals surface area contributed by atoms with Crippen molar-refractivity contribution in [1.29, 1.82) is 0 Å². The minimum atomic E-state index is 0.174. The van der Waals surface area contributed by atoms with Crippen LogP contribution in [0.4, 0.5) is 0 Å². The molecule has 1 aliphatic rings. The van der Waals surface area contributed by atoms with E-state index in [0.717, 1.165) is 23.5 Å². The molecule has 142 valence electrons. The molecule has 5 rings (SSSR count). The van der Waals surface area contributed by atoms with Gasteiger partial charge in [0.15, 0.2) is 11.5 Å². The highest BCUT2D eigenvalue weighted by Crippen LogP contribution is 2.38. The zero-order valence-corrected chi connectivity index (χ0v) is 15.9.